The van der Waals surface area contributed by atoms with Crippen molar-refractivity contribution in [1.82, 2.24) is 9.88 Å². The Labute approximate surface area is 179 Å². The molecule has 1 aromatic heterocycles. The summed E-state index contributed by atoms with van der Waals surface area (Å²) in [6.45, 7) is -0.0274. The highest BCUT2D eigenvalue weighted by Gasteiger charge is 2.16. The largest absolute Gasteiger partial charge is 0.493 e. The SMILES string of the molecule is COc1ccc(-c2nc(CC(=O)N(C)CC(=O)Nc3ccccc3)cs2)cc1OC. The lowest BCUT2D eigenvalue weighted by atomic mass is 10.2. The molecule has 0 aliphatic rings. The summed E-state index contributed by atoms with van der Waals surface area (Å²) in [5.74, 6) is 0.833. The molecule has 0 atom stereocenters. The van der Waals surface area contributed by atoms with Crippen LogP contribution in [-0.2, 0) is 16.0 Å². The molecule has 0 fully saturated rings. The quantitative estimate of drug-likeness (QED) is 0.598. The van der Waals surface area contributed by atoms with Crippen LogP contribution in [0.2, 0.25) is 0 Å². The standard InChI is InChI=1S/C22H23N3O4S/c1-25(13-20(26)23-16-7-5-4-6-8-16)21(27)12-17-14-30-22(24-17)15-9-10-18(28-2)19(11-15)29-3/h4-11,14H,12-13H2,1-3H3,(H,23,26). The molecule has 0 aliphatic heterocycles. The highest BCUT2D eigenvalue weighted by atomic mass is 32.1. The summed E-state index contributed by atoms with van der Waals surface area (Å²) in [6.07, 6.45) is 0.124. The predicted octanol–water partition coefficient (Wildman–Crippen LogP) is 3.47. The zero-order valence-electron chi connectivity index (χ0n) is 17.0. The van der Waals surface area contributed by atoms with Gasteiger partial charge in [0.2, 0.25) is 11.8 Å². The van der Waals surface area contributed by atoms with Gasteiger partial charge in [-0.05, 0) is 30.3 Å². The van der Waals surface area contributed by atoms with E-state index in [4.69, 9.17) is 9.47 Å². The van der Waals surface area contributed by atoms with Gasteiger partial charge in [0.1, 0.15) is 5.01 Å². The second-order valence-corrected chi connectivity index (χ2v) is 7.41. The van der Waals surface area contributed by atoms with E-state index >= 15 is 0 Å². The molecule has 2 aromatic carbocycles. The molecule has 3 aromatic rings. The Hall–Kier alpha value is -3.39. The summed E-state index contributed by atoms with van der Waals surface area (Å²) in [6, 6.07) is 14.7. The number of hydrogen-bond acceptors (Lipinski definition) is 6. The number of para-hydroxylation sites is 1. The average molecular weight is 426 g/mol. The van der Waals surface area contributed by atoms with Crippen LogP contribution in [0.25, 0.3) is 10.6 Å². The number of methoxy groups -OCH3 is 2. The lowest BCUT2D eigenvalue weighted by molar-refractivity contribution is -0.132. The van der Waals surface area contributed by atoms with E-state index in [-0.39, 0.29) is 24.8 Å². The molecule has 7 nitrogen and oxygen atoms in total. The molecule has 8 heteroatoms. The number of nitrogens with zero attached hydrogens (tertiary/aromatic N) is 2. The molecule has 30 heavy (non-hydrogen) atoms. The molecule has 2 amide bonds. The summed E-state index contributed by atoms with van der Waals surface area (Å²) >= 11 is 1.45. The molecule has 0 unspecified atom stereocenters. The minimum Gasteiger partial charge on any atom is -0.493 e. The molecule has 3 rings (SSSR count). The fourth-order valence-corrected chi connectivity index (χ4v) is 3.62. The van der Waals surface area contributed by atoms with Crippen molar-refractivity contribution < 1.29 is 19.1 Å². The van der Waals surface area contributed by atoms with Gasteiger partial charge in [-0.3, -0.25) is 9.59 Å². The summed E-state index contributed by atoms with van der Waals surface area (Å²) < 4.78 is 10.6. The minimum absolute atomic E-state index is 0.0274. The normalized spacial score (nSPS) is 10.4. The van der Waals surface area contributed by atoms with Crippen molar-refractivity contribution >= 4 is 28.8 Å². The van der Waals surface area contributed by atoms with Gasteiger partial charge in [-0.1, -0.05) is 18.2 Å². The molecule has 0 aliphatic carbocycles. The van der Waals surface area contributed by atoms with Crippen LogP contribution in [0.4, 0.5) is 5.69 Å². The topological polar surface area (TPSA) is 80.8 Å². The number of ether oxygens (including phenoxy) is 2. The van der Waals surface area contributed by atoms with Gasteiger partial charge >= 0.3 is 0 Å². The number of nitrogens with one attached hydrogen (secondary N) is 1. The first-order chi connectivity index (χ1) is 14.5. The van der Waals surface area contributed by atoms with Gasteiger partial charge in [0.25, 0.3) is 0 Å². The number of amides is 2. The number of benzene rings is 2. The van der Waals surface area contributed by atoms with Crippen molar-refractivity contribution in [2.24, 2.45) is 0 Å². The van der Waals surface area contributed by atoms with Crippen molar-refractivity contribution in [3.05, 3.63) is 59.6 Å². The van der Waals surface area contributed by atoms with E-state index in [1.54, 1.807) is 33.4 Å². The van der Waals surface area contributed by atoms with Crippen molar-refractivity contribution in [3.63, 3.8) is 0 Å². The second-order valence-electron chi connectivity index (χ2n) is 6.55. The van der Waals surface area contributed by atoms with E-state index in [0.29, 0.717) is 22.9 Å². The molecule has 1 N–H and O–H groups in total. The van der Waals surface area contributed by atoms with Crippen LogP contribution in [0.5, 0.6) is 11.5 Å². The van der Waals surface area contributed by atoms with E-state index in [2.05, 4.69) is 10.3 Å². The lowest BCUT2D eigenvalue weighted by Crippen LogP contribution is -2.35. The van der Waals surface area contributed by atoms with E-state index in [1.807, 2.05) is 41.8 Å². The molecule has 0 spiro atoms. The minimum atomic E-state index is -0.249. The summed E-state index contributed by atoms with van der Waals surface area (Å²) in [5.41, 5.74) is 2.24. The number of thiazole rings is 1. The monoisotopic (exact) mass is 425 g/mol. The zero-order valence-corrected chi connectivity index (χ0v) is 17.9. The Balaban J connectivity index is 1.59. The Morgan fingerprint density at radius 1 is 1.07 bits per heavy atom. The van der Waals surface area contributed by atoms with Gasteiger partial charge in [-0.2, -0.15) is 0 Å². The third-order valence-corrected chi connectivity index (χ3v) is 5.32. The van der Waals surface area contributed by atoms with Crippen molar-refractivity contribution in [1.29, 1.82) is 0 Å². The number of hydrogen-bond donors (Lipinski definition) is 1. The molecule has 0 radical (unpaired) electrons. The zero-order chi connectivity index (χ0) is 21.5. The maximum Gasteiger partial charge on any atom is 0.243 e. The highest BCUT2D eigenvalue weighted by molar-refractivity contribution is 7.13. The highest BCUT2D eigenvalue weighted by Crippen LogP contribution is 2.33. The first kappa shape index (κ1) is 21.3. The number of likely N-dealkylation sites (N-methyl/N-ethyl adjacent to an activating group) is 1. The molecule has 0 saturated carbocycles. The van der Waals surface area contributed by atoms with Crippen molar-refractivity contribution in [3.8, 4) is 22.1 Å². The van der Waals surface area contributed by atoms with Crippen LogP contribution in [0.3, 0.4) is 0 Å². The van der Waals surface area contributed by atoms with E-state index in [9.17, 15) is 9.59 Å². The van der Waals surface area contributed by atoms with Crippen LogP contribution < -0.4 is 14.8 Å². The maximum absolute atomic E-state index is 12.5. The molecule has 156 valence electrons. The van der Waals surface area contributed by atoms with Gasteiger partial charge in [-0.25, -0.2) is 4.98 Å². The van der Waals surface area contributed by atoms with Gasteiger partial charge in [0.05, 0.1) is 32.9 Å². The van der Waals surface area contributed by atoms with E-state index < -0.39 is 0 Å². The van der Waals surface area contributed by atoms with Gasteiger partial charge in [0, 0.05) is 23.7 Å². The average Bonchev–Trinajstić information content (AvgIpc) is 3.22. The van der Waals surface area contributed by atoms with Crippen LogP contribution in [0.1, 0.15) is 5.69 Å². The third kappa shape index (κ3) is 5.36. The summed E-state index contributed by atoms with van der Waals surface area (Å²) in [7, 11) is 4.77. The number of carbonyl (C=O) groups is 2. The van der Waals surface area contributed by atoms with E-state index in [1.165, 1.54) is 16.2 Å². The molecule has 0 saturated heterocycles. The molecular formula is C22H23N3O4S. The van der Waals surface area contributed by atoms with Gasteiger partial charge in [0.15, 0.2) is 11.5 Å². The second kappa shape index (κ2) is 9.89. The number of rotatable bonds is 8. The number of anilines is 1. The fraction of sp³-hybridized carbons (Fsp3) is 0.227. The van der Waals surface area contributed by atoms with Gasteiger partial charge < -0.3 is 19.7 Å². The molecule has 0 bridgehead atoms. The van der Waals surface area contributed by atoms with Gasteiger partial charge in [-0.15, -0.1) is 11.3 Å². The van der Waals surface area contributed by atoms with Crippen LogP contribution in [0, 0.1) is 0 Å². The Morgan fingerprint density at radius 3 is 2.50 bits per heavy atom. The smallest absolute Gasteiger partial charge is 0.243 e. The number of aromatic nitrogens is 1. The summed E-state index contributed by atoms with van der Waals surface area (Å²) in [5, 5.41) is 5.40. The predicted molar refractivity (Wildman–Crippen MR) is 117 cm³/mol. The van der Waals surface area contributed by atoms with Crippen LogP contribution in [0.15, 0.2) is 53.9 Å². The molecular weight excluding hydrogens is 402 g/mol. The summed E-state index contributed by atoms with van der Waals surface area (Å²) in [4.78, 5) is 30.6. The lowest BCUT2D eigenvalue weighted by Gasteiger charge is -2.16. The third-order valence-electron chi connectivity index (χ3n) is 4.38. The van der Waals surface area contributed by atoms with E-state index in [0.717, 1.165) is 10.6 Å². The Morgan fingerprint density at radius 2 is 1.80 bits per heavy atom. The maximum atomic E-state index is 12.5. The van der Waals surface area contributed by atoms with Crippen molar-refractivity contribution in [2.45, 2.75) is 6.42 Å². The Kier molecular flexibility index (Phi) is 7.03. The van der Waals surface area contributed by atoms with Crippen LogP contribution in [-0.4, -0.2) is 49.5 Å². The first-order valence-electron chi connectivity index (χ1n) is 9.26. The first-order valence-corrected chi connectivity index (χ1v) is 10.1. The van der Waals surface area contributed by atoms with Crippen molar-refractivity contribution in [2.75, 3.05) is 33.1 Å². The molecule has 1 heterocycles. The Bertz CT molecular complexity index is 1020. The number of carbonyl (C=O) groups excluding carboxylic acids is 2. The fourth-order valence-electron chi connectivity index (χ4n) is 2.81. The van der Waals surface area contributed by atoms with Crippen LogP contribution >= 0.6 is 11.3 Å².